The van der Waals surface area contributed by atoms with E-state index in [9.17, 15) is 18.8 Å². The summed E-state index contributed by atoms with van der Waals surface area (Å²) < 4.78 is 17.8. The van der Waals surface area contributed by atoms with Crippen LogP contribution in [0.15, 0.2) is 48.5 Å². The monoisotopic (exact) mass is 384 g/mol. The average Bonchev–Trinajstić information content (AvgIpc) is 3.12. The number of esters is 1. The predicted octanol–water partition coefficient (Wildman–Crippen LogP) is 3.07. The number of aryl methyl sites for hydroxylation is 1. The van der Waals surface area contributed by atoms with Gasteiger partial charge in [0.2, 0.25) is 5.91 Å². The van der Waals surface area contributed by atoms with Crippen molar-refractivity contribution in [1.29, 1.82) is 0 Å². The van der Waals surface area contributed by atoms with Crippen LogP contribution in [0.3, 0.4) is 0 Å². The quantitative estimate of drug-likeness (QED) is 0.745. The number of carbonyl (C=O) groups is 3. The molecule has 1 aliphatic heterocycles. The first-order valence-corrected chi connectivity index (χ1v) is 9.11. The molecule has 7 heteroatoms. The van der Waals surface area contributed by atoms with Crippen molar-refractivity contribution >= 4 is 29.2 Å². The fourth-order valence-electron chi connectivity index (χ4n) is 2.96. The first-order chi connectivity index (χ1) is 13.5. The summed E-state index contributed by atoms with van der Waals surface area (Å²) in [6.07, 6.45) is 1.93. The third-order valence-electron chi connectivity index (χ3n) is 4.43. The van der Waals surface area contributed by atoms with Crippen LogP contribution in [0.25, 0.3) is 0 Å². The van der Waals surface area contributed by atoms with Gasteiger partial charge in [0.25, 0.3) is 5.91 Å². The minimum atomic E-state index is -0.498. The Bertz CT molecular complexity index is 850. The standard InChI is InChI=1S/C21H21FN2O4/c22-16-6-3-15(4-7-16)5-12-21(27)28-14-19(25)23-17-8-10-18(11-9-17)24-13-1-2-20(24)26/h3-4,6-11H,1-2,5,12-14H2,(H,23,25). The van der Waals surface area contributed by atoms with Crippen molar-refractivity contribution in [3.8, 4) is 0 Å². The Morgan fingerprint density at radius 2 is 1.79 bits per heavy atom. The van der Waals surface area contributed by atoms with Gasteiger partial charge in [0.15, 0.2) is 6.61 Å². The Balaban J connectivity index is 1.40. The molecule has 2 amide bonds. The molecule has 0 aromatic heterocycles. The number of halogens is 1. The summed E-state index contributed by atoms with van der Waals surface area (Å²) in [5.41, 5.74) is 2.18. The van der Waals surface area contributed by atoms with Crippen LogP contribution in [0.4, 0.5) is 15.8 Å². The van der Waals surface area contributed by atoms with E-state index >= 15 is 0 Å². The Labute approximate surface area is 162 Å². The lowest BCUT2D eigenvalue weighted by Gasteiger charge is -2.16. The van der Waals surface area contributed by atoms with Gasteiger partial charge in [-0.05, 0) is 54.8 Å². The zero-order valence-electron chi connectivity index (χ0n) is 15.3. The van der Waals surface area contributed by atoms with Crippen LogP contribution in [-0.4, -0.2) is 30.9 Å². The highest BCUT2D eigenvalue weighted by atomic mass is 19.1. The Kier molecular flexibility index (Phi) is 6.37. The zero-order valence-corrected chi connectivity index (χ0v) is 15.3. The molecular formula is C21H21FN2O4. The largest absolute Gasteiger partial charge is 0.456 e. The highest BCUT2D eigenvalue weighted by Gasteiger charge is 2.21. The number of nitrogens with zero attached hydrogens (tertiary/aromatic N) is 1. The molecule has 2 aromatic rings. The first-order valence-electron chi connectivity index (χ1n) is 9.11. The van der Waals surface area contributed by atoms with Crippen molar-refractivity contribution in [2.24, 2.45) is 0 Å². The van der Waals surface area contributed by atoms with Crippen LogP contribution in [0.2, 0.25) is 0 Å². The molecule has 3 rings (SSSR count). The second-order valence-corrected chi connectivity index (χ2v) is 6.53. The van der Waals surface area contributed by atoms with E-state index in [4.69, 9.17) is 4.74 Å². The lowest BCUT2D eigenvalue weighted by Crippen LogP contribution is -2.23. The number of benzene rings is 2. The topological polar surface area (TPSA) is 75.7 Å². The van der Waals surface area contributed by atoms with E-state index in [1.54, 1.807) is 41.3 Å². The third-order valence-corrected chi connectivity index (χ3v) is 4.43. The van der Waals surface area contributed by atoms with E-state index in [1.807, 2.05) is 0 Å². The number of carbonyl (C=O) groups excluding carboxylic acids is 3. The molecule has 0 spiro atoms. The van der Waals surface area contributed by atoms with Crippen molar-refractivity contribution in [3.63, 3.8) is 0 Å². The average molecular weight is 384 g/mol. The summed E-state index contributed by atoms with van der Waals surface area (Å²) >= 11 is 0. The van der Waals surface area contributed by atoms with Gasteiger partial charge in [-0.25, -0.2) is 4.39 Å². The molecule has 0 saturated carbocycles. The van der Waals surface area contributed by atoms with E-state index in [1.165, 1.54) is 12.1 Å². The maximum Gasteiger partial charge on any atom is 0.306 e. The second-order valence-electron chi connectivity index (χ2n) is 6.53. The SMILES string of the molecule is O=C(COC(=O)CCc1ccc(F)cc1)Nc1ccc(N2CCCC2=O)cc1. The Hall–Kier alpha value is -3.22. The number of nitrogens with one attached hydrogen (secondary N) is 1. The van der Waals surface area contributed by atoms with Gasteiger partial charge < -0.3 is 15.0 Å². The smallest absolute Gasteiger partial charge is 0.306 e. The zero-order chi connectivity index (χ0) is 19.9. The molecule has 2 aromatic carbocycles. The van der Waals surface area contributed by atoms with Gasteiger partial charge in [0, 0.05) is 30.8 Å². The molecule has 0 radical (unpaired) electrons. The number of rotatable bonds is 7. The highest BCUT2D eigenvalue weighted by molar-refractivity contribution is 5.96. The molecule has 28 heavy (non-hydrogen) atoms. The van der Waals surface area contributed by atoms with Crippen LogP contribution in [-0.2, 0) is 25.5 Å². The maximum absolute atomic E-state index is 12.8. The Morgan fingerprint density at radius 1 is 1.07 bits per heavy atom. The normalized spacial score (nSPS) is 13.5. The van der Waals surface area contributed by atoms with Crippen molar-refractivity contribution in [3.05, 3.63) is 59.9 Å². The fourth-order valence-corrected chi connectivity index (χ4v) is 2.96. The lowest BCUT2D eigenvalue weighted by molar-refractivity contribution is -0.147. The van der Waals surface area contributed by atoms with Crippen LogP contribution in [0.1, 0.15) is 24.8 Å². The van der Waals surface area contributed by atoms with Crippen LogP contribution >= 0.6 is 0 Å². The summed E-state index contributed by atoms with van der Waals surface area (Å²) in [6, 6.07) is 12.8. The van der Waals surface area contributed by atoms with Crippen molar-refractivity contribution in [2.75, 3.05) is 23.4 Å². The molecular weight excluding hydrogens is 363 g/mol. The molecule has 1 fully saturated rings. The molecule has 6 nitrogen and oxygen atoms in total. The molecule has 1 heterocycles. The van der Waals surface area contributed by atoms with Gasteiger partial charge in [-0.3, -0.25) is 14.4 Å². The van der Waals surface area contributed by atoms with Gasteiger partial charge in [-0.1, -0.05) is 12.1 Å². The molecule has 1 N–H and O–H groups in total. The number of anilines is 2. The molecule has 0 unspecified atom stereocenters. The van der Waals surface area contributed by atoms with Crippen molar-refractivity contribution in [2.45, 2.75) is 25.7 Å². The number of amides is 2. The number of ether oxygens (including phenoxy) is 1. The van der Waals surface area contributed by atoms with E-state index in [0.29, 0.717) is 25.1 Å². The number of hydrogen-bond acceptors (Lipinski definition) is 4. The highest BCUT2D eigenvalue weighted by Crippen LogP contribution is 2.23. The maximum atomic E-state index is 12.8. The van der Waals surface area contributed by atoms with Crippen molar-refractivity contribution in [1.82, 2.24) is 0 Å². The van der Waals surface area contributed by atoms with E-state index in [-0.39, 0.29) is 24.8 Å². The fraction of sp³-hybridized carbons (Fsp3) is 0.286. The van der Waals surface area contributed by atoms with Gasteiger partial charge in [0.05, 0.1) is 0 Å². The summed E-state index contributed by atoms with van der Waals surface area (Å²) in [6.45, 7) is 0.326. The van der Waals surface area contributed by atoms with E-state index in [2.05, 4.69) is 5.32 Å². The molecule has 1 saturated heterocycles. The van der Waals surface area contributed by atoms with Crippen LogP contribution < -0.4 is 10.2 Å². The van der Waals surface area contributed by atoms with Gasteiger partial charge in [0.1, 0.15) is 5.82 Å². The van der Waals surface area contributed by atoms with Crippen LogP contribution in [0, 0.1) is 5.82 Å². The third kappa shape index (κ3) is 5.39. The molecule has 1 aliphatic rings. The molecule has 146 valence electrons. The first kappa shape index (κ1) is 19.5. The van der Waals surface area contributed by atoms with Crippen molar-refractivity contribution < 1.29 is 23.5 Å². The summed E-state index contributed by atoms with van der Waals surface area (Å²) in [7, 11) is 0. The summed E-state index contributed by atoms with van der Waals surface area (Å²) in [4.78, 5) is 37.1. The van der Waals surface area contributed by atoms with Gasteiger partial charge >= 0.3 is 5.97 Å². The minimum Gasteiger partial charge on any atom is -0.456 e. The molecule has 0 aliphatic carbocycles. The lowest BCUT2D eigenvalue weighted by atomic mass is 10.1. The minimum absolute atomic E-state index is 0.101. The van der Waals surface area contributed by atoms with E-state index < -0.39 is 11.9 Å². The van der Waals surface area contributed by atoms with Crippen LogP contribution in [0.5, 0.6) is 0 Å². The molecule has 0 atom stereocenters. The number of hydrogen-bond donors (Lipinski definition) is 1. The predicted molar refractivity (Wildman–Crippen MR) is 102 cm³/mol. The second kappa shape index (κ2) is 9.12. The Morgan fingerprint density at radius 3 is 2.43 bits per heavy atom. The molecule has 0 bridgehead atoms. The van der Waals surface area contributed by atoms with Gasteiger partial charge in [-0.15, -0.1) is 0 Å². The van der Waals surface area contributed by atoms with E-state index in [0.717, 1.165) is 17.7 Å². The van der Waals surface area contributed by atoms with Gasteiger partial charge in [-0.2, -0.15) is 0 Å². The summed E-state index contributed by atoms with van der Waals surface area (Å²) in [5.74, 6) is -1.17. The summed E-state index contributed by atoms with van der Waals surface area (Å²) in [5, 5.41) is 2.65.